The van der Waals surface area contributed by atoms with Crippen LogP contribution in [0.15, 0.2) is 48.5 Å². The highest BCUT2D eigenvalue weighted by molar-refractivity contribution is 6.30. The first-order valence-corrected chi connectivity index (χ1v) is 7.86. The van der Waals surface area contributed by atoms with E-state index in [2.05, 4.69) is 5.32 Å². The van der Waals surface area contributed by atoms with Crippen LogP contribution in [0.3, 0.4) is 0 Å². The van der Waals surface area contributed by atoms with Crippen molar-refractivity contribution in [3.8, 4) is 5.75 Å². The van der Waals surface area contributed by atoms with Crippen molar-refractivity contribution < 1.29 is 24.0 Å². The largest absolute Gasteiger partial charge is 0.482 e. The second kappa shape index (κ2) is 8.82. The quantitative estimate of drug-likeness (QED) is 0.450. The number of carbonyl (C=O) groups excluding carboxylic acids is 2. The van der Waals surface area contributed by atoms with Crippen molar-refractivity contribution in [3.63, 3.8) is 0 Å². The molecule has 2 aromatic carbocycles. The van der Waals surface area contributed by atoms with Gasteiger partial charge in [-0.05, 0) is 31.2 Å². The zero-order valence-electron chi connectivity index (χ0n) is 13.7. The van der Waals surface area contributed by atoms with E-state index in [0.29, 0.717) is 10.8 Å². The van der Waals surface area contributed by atoms with Gasteiger partial charge in [-0.25, -0.2) is 4.79 Å². The first-order valence-electron chi connectivity index (χ1n) is 7.49. The van der Waals surface area contributed by atoms with Crippen molar-refractivity contribution in [3.05, 3.63) is 63.7 Å². The van der Waals surface area contributed by atoms with Crippen molar-refractivity contribution in [1.82, 2.24) is 0 Å². The lowest BCUT2D eigenvalue weighted by atomic mass is 10.2. The van der Waals surface area contributed by atoms with Crippen LogP contribution in [0.2, 0.25) is 5.02 Å². The number of hydrogen-bond acceptors (Lipinski definition) is 6. The highest BCUT2D eigenvalue weighted by Crippen LogP contribution is 2.23. The molecule has 0 unspecified atom stereocenters. The van der Waals surface area contributed by atoms with E-state index in [4.69, 9.17) is 21.1 Å². The Hall–Kier alpha value is -3.13. The molecule has 1 N–H and O–H groups in total. The van der Waals surface area contributed by atoms with Crippen molar-refractivity contribution in [2.45, 2.75) is 13.0 Å². The Bertz CT molecular complexity index is 826. The van der Waals surface area contributed by atoms with Crippen LogP contribution in [0.4, 0.5) is 11.4 Å². The summed E-state index contributed by atoms with van der Waals surface area (Å²) in [6, 6.07) is 12.1. The van der Waals surface area contributed by atoms with Crippen LogP contribution in [0.25, 0.3) is 0 Å². The molecule has 0 aliphatic rings. The monoisotopic (exact) mass is 378 g/mol. The fourth-order valence-corrected chi connectivity index (χ4v) is 2.14. The van der Waals surface area contributed by atoms with E-state index in [1.807, 2.05) is 0 Å². The van der Waals surface area contributed by atoms with Gasteiger partial charge in [0.15, 0.2) is 12.7 Å². The fourth-order valence-electron chi connectivity index (χ4n) is 1.96. The number of benzene rings is 2. The summed E-state index contributed by atoms with van der Waals surface area (Å²) in [6.45, 7) is 0.935. The first kappa shape index (κ1) is 19.2. The molecule has 26 heavy (non-hydrogen) atoms. The van der Waals surface area contributed by atoms with Crippen LogP contribution in [0.1, 0.15) is 6.92 Å². The topological polar surface area (TPSA) is 108 Å². The molecule has 0 aliphatic heterocycles. The minimum atomic E-state index is -1.16. The maximum Gasteiger partial charge on any atom is 0.344 e. The molecule has 8 nitrogen and oxygen atoms in total. The number of ether oxygens (including phenoxy) is 2. The Labute approximate surface area is 153 Å². The molecule has 0 bridgehead atoms. The van der Waals surface area contributed by atoms with Crippen LogP contribution in [-0.2, 0) is 14.3 Å². The van der Waals surface area contributed by atoms with E-state index in [0.717, 1.165) is 0 Å². The third-order valence-corrected chi connectivity index (χ3v) is 3.42. The predicted molar refractivity (Wildman–Crippen MR) is 94.2 cm³/mol. The molecule has 0 aliphatic carbocycles. The van der Waals surface area contributed by atoms with E-state index in [9.17, 15) is 19.7 Å². The Morgan fingerprint density at radius 2 is 1.96 bits per heavy atom. The number of nitrogens with one attached hydrogen (secondary N) is 1. The first-order chi connectivity index (χ1) is 12.4. The van der Waals surface area contributed by atoms with Gasteiger partial charge in [-0.2, -0.15) is 0 Å². The van der Waals surface area contributed by atoms with Gasteiger partial charge in [-0.3, -0.25) is 14.9 Å². The SMILES string of the molecule is C[C@@H](OC(=O)COc1cccc(Cl)c1)C(=O)Nc1ccccc1[N+](=O)[O-]. The van der Waals surface area contributed by atoms with Gasteiger partial charge in [-0.15, -0.1) is 0 Å². The molecule has 0 spiro atoms. The molecule has 0 aromatic heterocycles. The minimum Gasteiger partial charge on any atom is -0.482 e. The lowest BCUT2D eigenvalue weighted by Crippen LogP contribution is -2.31. The predicted octanol–water partition coefficient (Wildman–Crippen LogP) is 3.20. The standard InChI is InChI=1S/C17H15ClN2O6/c1-11(17(22)19-14-7-2-3-8-15(14)20(23)24)26-16(21)10-25-13-6-4-5-12(18)9-13/h2-9,11H,10H2,1H3,(H,19,22)/t11-/m1/s1. The van der Waals surface area contributed by atoms with E-state index in [1.165, 1.54) is 37.3 Å². The zero-order valence-corrected chi connectivity index (χ0v) is 14.4. The summed E-state index contributed by atoms with van der Waals surface area (Å²) >= 11 is 5.80. The number of anilines is 1. The van der Waals surface area contributed by atoms with E-state index >= 15 is 0 Å². The van der Waals surface area contributed by atoms with Crippen LogP contribution >= 0.6 is 11.6 Å². The highest BCUT2D eigenvalue weighted by atomic mass is 35.5. The lowest BCUT2D eigenvalue weighted by molar-refractivity contribution is -0.383. The maximum absolute atomic E-state index is 12.1. The second-order valence-electron chi connectivity index (χ2n) is 5.14. The summed E-state index contributed by atoms with van der Waals surface area (Å²) in [5.74, 6) is -1.09. The summed E-state index contributed by atoms with van der Waals surface area (Å²) in [4.78, 5) is 34.2. The summed E-state index contributed by atoms with van der Waals surface area (Å²) in [7, 11) is 0. The highest BCUT2D eigenvalue weighted by Gasteiger charge is 2.21. The minimum absolute atomic E-state index is 0.0144. The maximum atomic E-state index is 12.1. The summed E-state index contributed by atoms with van der Waals surface area (Å²) in [5.41, 5.74) is -0.246. The van der Waals surface area contributed by atoms with Gasteiger partial charge >= 0.3 is 5.97 Å². The number of hydrogen-bond donors (Lipinski definition) is 1. The summed E-state index contributed by atoms with van der Waals surface area (Å²) < 4.78 is 10.2. The Morgan fingerprint density at radius 3 is 2.65 bits per heavy atom. The Balaban J connectivity index is 1.88. The van der Waals surface area contributed by atoms with Crippen LogP contribution in [0.5, 0.6) is 5.75 Å². The summed E-state index contributed by atoms with van der Waals surface area (Å²) in [6.07, 6.45) is -1.16. The number of amides is 1. The van der Waals surface area contributed by atoms with Gasteiger partial charge in [0.25, 0.3) is 11.6 Å². The number of carbonyl (C=O) groups is 2. The number of para-hydroxylation sites is 2. The van der Waals surface area contributed by atoms with Crippen molar-refractivity contribution in [2.24, 2.45) is 0 Å². The van der Waals surface area contributed by atoms with Crippen LogP contribution in [-0.4, -0.2) is 29.5 Å². The molecule has 0 saturated heterocycles. The number of nitro benzene ring substituents is 1. The smallest absolute Gasteiger partial charge is 0.344 e. The molecule has 0 fully saturated rings. The molecular weight excluding hydrogens is 364 g/mol. The molecule has 0 heterocycles. The molecule has 1 amide bonds. The molecule has 1 atom stereocenters. The third-order valence-electron chi connectivity index (χ3n) is 3.19. The zero-order chi connectivity index (χ0) is 19.1. The molecule has 136 valence electrons. The Kier molecular flexibility index (Phi) is 6.51. The van der Waals surface area contributed by atoms with Crippen molar-refractivity contribution in [2.75, 3.05) is 11.9 Å². The third kappa shape index (κ3) is 5.45. The fraction of sp³-hybridized carbons (Fsp3) is 0.176. The van der Waals surface area contributed by atoms with Crippen LogP contribution < -0.4 is 10.1 Å². The molecule has 0 radical (unpaired) electrons. The summed E-state index contributed by atoms with van der Waals surface area (Å²) in [5, 5.41) is 13.8. The van der Waals surface area contributed by atoms with E-state index in [-0.39, 0.29) is 11.4 Å². The lowest BCUT2D eigenvalue weighted by Gasteiger charge is -2.14. The average molecular weight is 379 g/mol. The number of nitrogens with zero attached hydrogens (tertiary/aromatic N) is 1. The average Bonchev–Trinajstić information content (AvgIpc) is 2.60. The molecule has 9 heteroatoms. The number of nitro groups is 1. The van der Waals surface area contributed by atoms with E-state index in [1.54, 1.807) is 18.2 Å². The van der Waals surface area contributed by atoms with Crippen LogP contribution in [0, 0.1) is 10.1 Å². The van der Waals surface area contributed by atoms with Gasteiger partial charge in [0.1, 0.15) is 11.4 Å². The molecular formula is C17H15ClN2O6. The number of halogens is 1. The van der Waals surface area contributed by atoms with Gasteiger partial charge in [0, 0.05) is 11.1 Å². The van der Waals surface area contributed by atoms with Crippen molar-refractivity contribution in [1.29, 1.82) is 0 Å². The van der Waals surface area contributed by atoms with Gasteiger partial charge in [0.05, 0.1) is 4.92 Å². The van der Waals surface area contributed by atoms with Gasteiger partial charge in [0.2, 0.25) is 0 Å². The molecule has 2 aromatic rings. The van der Waals surface area contributed by atoms with Crippen molar-refractivity contribution >= 4 is 34.9 Å². The normalized spacial score (nSPS) is 11.3. The number of esters is 1. The molecule has 2 rings (SSSR count). The number of rotatable bonds is 7. The van der Waals surface area contributed by atoms with Gasteiger partial charge in [-0.1, -0.05) is 29.8 Å². The van der Waals surface area contributed by atoms with Gasteiger partial charge < -0.3 is 14.8 Å². The molecule has 0 saturated carbocycles. The second-order valence-corrected chi connectivity index (χ2v) is 5.58. The van der Waals surface area contributed by atoms with E-state index < -0.39 is 29.5 Å². The Morgan fingerprint density at radius 1 is 1.23 bits per heavy atom.